The fraction of sp³-hybridized carbons (Fsp3) is 1.00. The highest BCUT2D eigenvalue weighted by atomic mass is 16.0. The molecule has 0 aliphatic carbocycles. The zero-order chi connectivity index (χ0) is 2.71. The van der Waals surface area contributed by atoms with Crippen molar-refractivity contribution in [3.8, 4) is 0 Å². The largest absolute Gasteiger partial charge is 0.412 e. The first-order valence-electron chi connectivity index (χ1n) is 1.41. The molecule has 36 valence electrons. The zero-order valence-electron chi connectivity index (χ0n) is 3.21. The van der Waals surface area contributed by atoms with Gasteiger partial charge in [0.1, 0.15) is 0 Å². The lowest BCUT2D eigenvalue weighted by atomic mass is 10.6. The van der Waals surface area contributed by atoms with Gasteiger partial charge in [-0.3, -0.25) is 0 Å². The van der Waals surface area contributed by atoms with Gasteiger partial charge in [-0.25, -0.2) is 0 Å². The maximum Gasteiger partial charge on any atom is -0.0590 e. The van der Waals surface area contributed by atoms with Crippen molar-refractivity contribution in [2.75, 3.05) is 0 Å². The molecular weight excluding hydrogens is 64.0 g/mol. The Morgan fingerprint density at radius 3 is 1.20 bits per heavy atom. The summed E-state index contributed by atoms with van der Waals surface area (Å²) in [6.45, 7) is 4.25. The second-order valence-electron chi connectivity index (χ2n) is 0.707. The summed E-state index contributed by atoms with van der Waals surface area (Å²) in [7, 11) is 0. The molecule has 1 heteroatoms. The first-order chi connectivity index (χ1) is 1.41. The molecule has 0 saturated carbocycles. The Labute approximate surface area is 34.3 Å². The second-order valence-corrected chi connectivity index (χ2v) is 0.707. The number of rotatable bonds is 0. The molecule has 0 spiro atoms. The van der Waals surface area contributed by atoms with E-state index in [-0.39, 0.29) is 12.9 Å². The highest BCUT2D eigenvalue weighted by Gasteiger charge is 1.35. The van der Waals surface area contributed by atoms with Crippen LogP contribution in [0.25, 0.3) is 0 Å². The van der Waals surface area contributed by atoms with Crippen molar-refractivity contribution in [3.63, 3.8) is 0 Å². The van der Waals surface area contributed by atoms with Crippen LogP contribution in [0.3, 0.4) is 0 Å². The van der Waals surface area contributed by atoms with E-state index in [1.54, 1.807) is 0 Å². The van der Waals surface area contributed by atoms with Crippen LogP contribution in [0.5, 0.6) is 0 Å². The van der Waals surface area contributed by atoms with Crippen LogP contribution in [-0.4, -0.2) is 5.48 Å². The molecule has 0 bridgehead atoms. The van der Waals surface area contributed by atoms with Gasteiger partial charge < -0.3 is 5.48 Å². The van der Waals surface area contributed by atoms with Gasteiger partial charge in [0, 0.05) is 0 Å². The molecule has 1 nitrogen and oxygen atoms in total. The van der Waals surface area contributed by atoms with E-state index >= 15 is 0 Å². The average Bonchev–Trinajstić information content (AvgIpc) is 0.918. The summed E-state index contributed by atoms with van der Waals surface area (Å²) in [6, 6.07) is 0. The standard InChI is InChI=1S/C3H8.CH4.H2O/c1-3-2;;/h3H2,1-2H3;1H4;1H2. The van der Waals surface area contributed by atoms with Crippen LogP contribution in [0.1, 0.15) is 27.7 Å². The Hall–Kier alpha value is -0.0400. The van der Waals surface area contributed by atoms with Crippen molar-refractivity contribution in [2.45, 2.75) is 27.7 Å². The molecule has 0 amide bonds. The van der Waals surface area contributed by atoms with Gasteiger partial charge in [0.2, 0.25) is 0 Å². The molecule has 0 aromatic rings. The predicted octanol–water partition coefficient (Wildman–Crippen LogP) is 1.23. The van der Waals surface area contributed by atoms with Crippen LogP contribution < -0.4 is 0 Å². The third-order valence-electron chi connectivity index (χ3n) is 0. The summed E-state index contributed by atoms with van der Waals surface area (Å²) >= 11 is 0. The van der Waals surface area contributed by atoms with Crippen molar-refractivity contribution in [1.82, 2.24) is 0 Å². The quantitative estimate of drug-likeness (QED) is 0.417. The molecule has 5 heavy (non-hydrogen) atoms. The molecule has 0 radical (unpaired) electrons. The lowest BCUT2D eigenvalue weighted by Gasteiger charge is -1.48. The smallest absolute Gasteiger partial charge is 0.0590 e. The van der Waals surface area contributed by atoms with E-state index in [2.05, 4.69) is 13.8 Å². The predicted molar refractivity (Wildman–Crippen MR) is 26.3 cm³/mol. The average molecular weight is 78.2 g/mol. The summed E-state index contributed by atoms with van der Waals surface area (Å²) in [5, 5.41) is 0. The Bertz CT molecular complexity index is 3.61. The van der Waals surface area contributed by atoms with E-state index in [9.17, 15) is 0 Å². The van der Waals surface area contributed by atoms with E-state index < -0.39 is 0 Å². The van der Waals surface area contributed by atoms with Crippen LogP contribution >= 0.6 is 0 Å². The van der Waals surface area contributed by atoms with E-state index in [1.165, 1.54) is 6.42 Å². The molecule has 0 atom stereocenters. The van der Waals surface area contributed by atoms with Gasteiger partial charge in [-0.05, 0) is 0 Å². The molecule has 0 aliphatic rings. The molecule has 0 rings (SSSR count). The van der Waals surface area contributed by atoms with E-state index in [4.69, 9.17) is 0 Å². The molecule has 0 heterocycles. The maximum atomic E-state index is 2.12. The molecular formula is C4H14O. The number of hydrogen-bond donors (Lipinski definition) is 0. The fourth-order valence-corrected chi connectivity index (χ4v) is 0. The summed E-state index contributed by atoms with van der Waals surface area (Å²) < 4.78 is 0. The van der Waals surface area contributed by atoms with Gasteiger partial charge in [0.05, 0.1) is 0 Å². The summed E-state index contributed by atoms with van der Waals surface area (Å²) in [4.78, 5) is 0. The highest BCUT2D eigenvalue weighted by Crippen LogP contribution is 1.56. The first kappa shape index (κ1) is 20.2. The van der Waals surface area contributed by atoms with Crippen molar-refractivity contribution in [2.24, 2.45) is 0 Å². The van der Waals surface area contributed by atoms with Crippen LogP contribution in [0, 0.1) is 0 Å². The van der Waals surface area contributed by atoms with E-state index in [1.807, 2.05) is 0 Å². The summed E-state index contributed by atoms with van der Waals surface area (Å²) in [5.74, 6) is 0. The Kier molecular flexibility index (Phi) is 152. The topological polar surface area (TPSA) is 31.5 Å². The molecule has 2 N–H and O–H groups in total. The molecule has 0 aliphatic heterocycles. The van der Waals surface area contributed by atoms with Crippen molar-refractivity contribution in [1.29, 1.82) is 0 Å². The number of hydrogen-bond acceptors (Lipinski definition) is 0. The van der Waals surface area contributed by atoms with Gasteiger partial charge in [0.15, 0.2) is 0 Å². The molecule has 0 aromatic carbocycles. The van der Waals surface area contributed by atoms with E-state index in [0.29, 0.717) is 0 Å². The third-order valence-corrected chi connectivity index (χ3v) is 0. The van der Waals surface area contributed by atoms with Crippen molar-refractivity contribution in [3.05, 3.63) is 0 Å². The zero-order valence-corrected chi connectivity index (χ0v) is 3.21. The fourth-order valence-electron chi connectivity index (χ4n) is 0. The lowest BCUT2D eigenvalue weighted by Crippen LogP contribution is -1.27. The van der Waals surface area contributed by atoms with Gasteiger partial charge in [-0.1, -0.05) is 27.7 Å². The van der Waals surface area contributed by atoms with Gasteiger partial charge >= 0.3 is 0 Å². The second kappa shape index (κ2) is 37.6. The van der Waals surface area contributed by atoms with Crippen LogP contribution in [0.2, 0.25) is 0 Å². The van der Waals surface area contributed by atoms with Crippen LogP contribution in [0.15, 0.2) is 0 Å². The Balaban J connectivity index is -0.0000000200. The molecule has 0 fully saturated rings. The third kappa shape index (κ3) is 9510. The van der Waals surface area contributed by atoms with E-state index in [0.717, 1.165) is 0 Å². The molecule has 0 unspecified atom stereocenters. The minimum Gasteiger partial charge on any atom is -0.412 e. The molecule has 0 aromatic heterocycles. The van der Waals surface area contributed by atoms with Crippen LogP contribution in [0.4, 0.5) is 0 Å². The van der Waals surface area contributed by atoms with Gasteiger partial charge in [-0.15, -0.1) is 0 Å². The Morgan fingerprint density at radius 2 is 1.20 bits per heavy atom. The minimum absolute atomic E-state index is 0. The van der Waals surface area contributed by atoms with Crippen molar-refractivity contribution < 1.29 is 5.48 Å². The minimum atomic E-state index is 0. The maximum absolute atomic E-state index is 2.12. The normalized spacial score (nSPS) is 3.60. The van der Waals surface area contributed by atoms with Gasteiger partial charge in [0.25, 0.3) is 0 Å². The Morgan fingerprint density at radius 1 is 1.20 bits per heavy atom. The molecule has 0 saturated heterocycles. The SMILES string of the molecule is C.CCC.O. The van der Waals surface area contributed by atoms with Crippen molar-refractivity contribution >= 4 is 0 Å². The monoisotopic (exact) mass is 78.1 g/mol. The van der Waals surface area contributed by atoms with Gasteiger partial charge in [-0.2, -0.15) is 0 Å². The summed E-state index contributed by atoms with van der Waals surface area (Å²) in [5.41, 5.74) is 0. The lowest BCUT2D eigenvalue weighted by molar-refractivity contribution is 0.824. The first-order valence-corrected chi connectivity index (χ1v) is 1.41. The summed E-state index contributed by atoms with van der Waals surface area (Å²) in [6.07, 6.45) is 1.25. The highest BCUT2D eigenvalue weighted by molar-refractivity contribution is 3.92. The van der Waals surface area contributed by atoms with Crippen LogP contribution in [-0.2, 0) is 0 Å².